The molecule has 5 N–H and O–H groups in total. The summed E-state index contributed by atoms with van der Waals surface area (Å²) in [6.07, 6.45) is 8.85. The molecule has 0 spiro atoms. The molecule has 3 amide bonds. The maximum atomic E-state index is 12.9. The summed E-state index contributed by atoms with van der Waals surface area (Å²) in [5.74, 6) is -0.414. The Labute approximate surface area is 232 Å². The van der Waals surface area contributed by atoms with Crippen molar-refractivity contribution in [1.29, 1.82) is 0 Å². The molecule has 0 radical (unpaired) electrons. The number of hydrogen-bond donors (Lipinski definition) is 5. The smallest absolute Gasteiger partial charge is 0.241 e. The third-order valence-corrected chi connectivity index (χ3v) is 6.23. The van der Waals surface area contributed by atoms with Crippen LogP contribution in [0.25, 0.3) is 0 Å². The maximum Gasteiger partial charge on any atom is 0.241 e. The Kier molecular flexibility index (Phi) is 15.1. The molecule has 0 aliphatic heterocycles. The van der Waals surface area contributed by atoms with Crippen molar-refractivity contribution in [3.05, 3.63) is 72.1 Å². The molecular formula is C30H45N5O4. The van der Waals surface area contributed by atoms with Gasteiger partial charge in [0.15, 0.2) is 0 Å². The first kappa shape index (κ1) is 31.6. The molecule has 1 atom stereocenters. The van der Waals surface area contributed by atoms with Gasteiger partial charge in [0.25, 0.3) is 0 Å². The van der Waals surface area contributed by atoms with Crippen molar-refractivity contribution in [2.75, 3.05) is 33.0 Å². The monoisotopic (exact) mass is 539 g/mol. The summed E-state index contributed by atoms with van der Waals surface area (Å²) in [6, 6.07) is 9.35. The van der Waals surface area contributed by atoms with Gasteiger partial charge in [-0.05, 0) is 36.8 Å². The maximum absolute atomic E-state index is 12.9. The van der Waals surface area contributed by atoms with Crippen molar-refractivity contribution < 1.29 is 19.1 Å². The van der Waals surface area contributed by atoms with Gasteiger partial charge in [-0.2, -0.15) is 0 Å². The zero-order valence-corrected chi connectivity index (χ0v) is 23.3. The first-order valence-corrected chi connectivity index (χ1v) is 13.9. The largest absolute Gasteiger partial charge is 0.378 e. The minimum atomic E-state index is -0.425. The second kappa shape index (κ2) is 18.6. The Morgan fingerprint density at radius 3 is 2.36 bits per heavy atom. The standard InChI is InChI=1S/C30H45N5O4/c1-4-6-7-11-14-28(36)33-19-27(25-15-16-25)32-21-30(38)35-26(18-24-12-9-8-10-13-24)23(3)31-20-29(37)34-22-39-17-5-2/h5,8-10,12-13,26,31-32H,2-4,6-7,11,14-22H2,1H3,(H,33,36)(H,34,37)(H,35,38). The highest BCUT2D eigenvalue weighted by atomic mass is 16.5. The van der Waals surface area contributed by atoms with Crippen molar-refractivity contribution >= 4 is 17.7 Å². The quantitative estimate of drug-likeness (QED) is 0.0931. The van der Waals surface area contributed by atoms with Crippen LogP contribution in [-0.4, -0.2) is 56.7 Å². The highest BCUT2D eigenvalue weighted by molar-refractivity contribution is 5.80. The van der Waals surface area contributed by atoms with Gasteiger partial charge in [0.1, 0.15) is 6.73 Å². The number of amides is 3. The topological polar surface area (TPSA) is 121 Å². The highest BCUT2D eigenvalue weighted by Crippen LogP contribution is 2.30. The number of allylic oxidation sites excluding steroid dienone is 1. The van der Waals surface area contributed by atoms with Gasteiger partial charge in [0.2, 0.25) is 17.7 Å². The molecule has 1 aromatic carbocycles. The summed E-state index contributed by atoms with van der Waals surface area (Å²) in [4.78, 5) is 37.2. The van der Waals surface area contributed by atoms with Gasteiger partial charge in [0.05, 0.1) is 32.3 Å². The molecule has 1 unspecified atom stereocenters. The summed E-state index contributed by atoms with van der Waals surface area (Å²) in [5, 5.41) is 14.9. The fourth-order valence-electron chi connectivity index (χ4n) is 3.86. The van der Waals surface area contributed by atoms with Crippen LogP contribution in [0.2, 0.25) is 0 Å². The van der Waals surface area contributed by atoms with Gasteiger partial charge in [0, 0.05) is 17.8 Å². The van der Waals surface area contributed by atoms with Crippen molar-refractivity contribution in [3.8, 4) is 0 Å². The summed E-state index contributed by atoms with van der Waals surface area (Å²) < 4.78 is 5.17. The highest BCUT2D eigenvalue weighted by Gasteiger charge is 2.21. The molecule has 0 saturated heterocycles. The van der Waals surface area contributed by atoms with Gasteiger partial charge >= 0.3 is 0 Å². The van der Waals surface area contributed by atoms with Gasteiger partial charge in [-0.3, -0.25) is 14.4 Å². The Balaban J connectivity index is 1.85. The van der Waals surface area contributed by atoms with Gasteiger partial charge in [-0.25, -0.2) is 0 Å². The average Bonchev–Trinajstić information content (AvgIpc) is 3.78. The number of ether oxygens (including phenoxy) is 1. The van der Waals surface area contributed by atoms with Crippen LogP contribution in [-0.2, 0) is 25.5 Å². The first-order valence-electron chi connectivity index (χ1n) is 13.9. The van der Waals surface area contributed by atoms with E-state index in [4.69, 9.17) is 4.74 Å². The molecule has 1 saturated carbocycles. The molecule has 214 valence electrons. The second-order valence-electron chi connectivity index (χ2n) is 9.62. The van der Waals surface area contributed by atoms with Crippen LogP contribution in [0, 0.1) is 0 Å². The van der Waals surface area contributed by atoms with E-state index in [1.807, 2.05) is 30.3 Å². The van der Waals surface area contributed by atoms with E-state index in [1.54, 1.807) is 6.08 Å². The fraction of sp³-hybridized carbons (Fsp3) is 0.500. The molecule has 1 aliphatic rings. The second-order valence-corrected chi connectivity index (χ2v) is 9.62. The average molecular weight is 540 g/mol. The van der Waals surface area contributed by atoms with E-state index in [1.165, 1.54) is 5.57 Å². The van der Waals surface area contributed by atoms with E-state index in [0.717, 1.165) is 49.8 Å². The van der Waals surface area contributed by atoms with Crippen LogP contribution in [0.15, 0.2) is 66.5 Å². The SMILES string of the molecule is C=CCOCNC(=O)CNC(=C)C(Cc1ccccc1)NC(=O)CNC(CNC(=O)CCCCCC)=C1CC1. The molecular weight excluding hydrogens is 494 g/mol. The Hall–Kier alpha value is -3.59. The zero-order valence-electron chi connectivity index (χ0n) is 23.3. The summed E-state index contributed by atoms with van der Waals surface area (Å²) in [5.41, 5.74) is 3.72. The Bertz CT molecular complexity index is 971. The summed E-state index contributed by atoms with van der Waals surface area (Å²) in [6.45, 7) is 10.7. The van der Waals surface area contributed by atoms with E-state index < -0.39 is 6.04 Å². The lowest BCUT2D eigenvalue weighted by Gasteiger charge is -2.23. The predicted molar refractivity (Wildman–Crippen MR) is 154 cm³/mol. The van der Waals surface area contributed by atoms with Gasteiger partial charge < -0.3 is 31.3 Å². The van der Waals surface area contributed by atoms with Crippen LogP contribution in [0.5, 0.6) is 0 Å². The Morgan fingerprint density at radius 2 is 1.67 bits per heavy atom. The molecule has 9 nitrogen and oxygen atoms in total. The van der Waals surface area contributed by atoms with E-state index >= 15 is 0 Å². The predicted octanol–water partition coefficient (Wildman–Crippen LogP) is 2.82. The van der Waals surface area contributed by atoms with E-state index in [2.05, 4.69) is 46.7 Å². The molecule has 1 fully saturated rings. The number of nitrogens with one attached hydrogen (secondary N) is 5. The van der Waals surface area contributed by atoms with Crippen molar-refractivity contribution in [2.24, 2.45) is 0 Å². The van der Waals surface area contributed by atoms with Crippen LogP contribution >= 0.6 is 0 Å². The summed E-state index contributed by atoms with van der Waals surface area (Å²) in [7, 11) is 0. The lowest BCUT2D eigenvalue weighted by atomic mass is 10.0. The Morgan fingerprint density at radius 1 is 0.923 bits per heavy atom. The molecule has 0 heterocycles. The molecule has 0 bridgehead atoms. The minimum absolute atomic E-state index is 0.00405. The normalized spacial score (nSPS) is 12.6. The van der Waals surface area contributed by atoms with Crippen LogP contribution in [0.1, 0.15) is 57.4 Å². The third kappa shape index (κ3) is 14.2. The van der Waals surface area contributed by atoms with Crippen LogP contribution in [0.4, 0.5) is 0 Å². The molecule has 9 heteroatoms. The third-order valence-electron chi connectivity index (χ3n) is 6.23. The molecule has 1 aliphatic carbocycles. The fourth-order valence-corrected chi connectivity index (χ4v) is 3.86. The van der Waals surface area contributed by atoms with E-state index in [0.29, 0.717) is 31.7 Å². The molecule has 2 rings (SSSR count). The number of unbranched alkanes of at least 4 members (excludes halogenated alkanes) is 3. The van der Waals surface area contributed by atoms with E-state index in [9.17, 15) is 14.4 Å². The van der Waals surface area contributed by atoms with Gasteiger partial charge in [-0.15, -0.1) is 6.58 Å². The minimum Gasteiger partial charge on any atom is -0.378 e. The first-order chi connectivity index (χ1) is 18.9. The van der Waals surface area contributed by atoms with Crippen LogP contribution in [0.3, 0.4) is 0 Å². The van der Waals surface area contributed by atoms with E-state index in [-0.39, 0.29) is 37.5 Å². The molecule has 39 heavy (non-hydrogen) atoms. The van der Waals surface area contributed by atoms with Crippen LogP contribution < -0.4 is 26.6 Å². The van der Waals surface area contributed by atoms with Crippen molar-refractivity contribution in [1.82, 2.24) is 26.6 Å². The summed E-state index contributed by atoms with van der Waals surface area (Å²) >= 11 is 0. The van der Waals surface area contributed by atoms with Crippen molar-refractivity contribution in [3.63, 3.8) is 0 Å². The van der Waals surface area contributed by atoms with Gasteiger partial charge in [-0.1, -0.05) is 69.2 Å². The number of carbonyl (C=O) groups excluding carboxylic acids is 3. The number of rotatable bonds is 21. The number of hydrogen-bond acceptors (Lipinski definition) is 6. The lowest BCUT2D eigenvalue weighted by Crippen LogP contribution is -2.46. The number of carbonyl (C=O) groups is 3. The zero-order chi connectivity index (χ0) is 28.3. The van der Waals surface area contributed by atoms with Crippen molar-refractivity contribution in [2.45, 2.75) is 64.3 Å². The number of benzene rings is 1. The molecule has 1 aromatic rings. The lowest BCUT2D eigenvalue weighted by molar-refractivity contribution is -0.122. The molecule has 0 aromatic heterocycles.